The molecule has 2 amide bonds. The van der Waals surface area contributed by atoms with Gasteiger partial charge in [0.05, 0.1) is 7.11 Å². The van der Waals surface area contributed by atoms with Crippen molar-refractivity contribution in [2.75, 3.05) is 14.2 Å². The van der Waals surface area contributed by atoms with E-state index >= 15 is 0 Å². The minimum Gasteiger partial charge on any atom is -0.443 e. The maximum absolute atomic E-state index is 12.2. The highest BCUT2D eigenvalue weighted by atomic mass is 35.5. The number of hydrogen-bond acceptors (Lipinski definition) is 4. The van der Waals surface area contributed by atoms with E-state index in [4.69, 9.17) is 26.9 Å². The third kappa shape index (κ3) is 4.61. The van der Waals surface area contributed by atoms with Gasteiger partial charge in [-0.3, -0.25) is 9.63 Å². The van der Waals surface area contributed by atoms with Crippen molar-refractivity contribution in [2.45, 2.75) is 37.7 Å². The zero-order chi connectivity index (χ0) is 17.7. The second kappa shape index (κ2) is 7.85. The van der Waals surface area contributed by atoms with Crippen LogP contribution >= 0.6 is 11.6 Å². The Kier molecular flexibility index (Phi) is 6.07. The second-order valence-electron chi connectivity index (χ2n) is 6.20. The van der Waals surface area contributed by atoms with E-state index in [0.717, 1.165) is 5.56 Å². The summed E-state index contributed by atoms with van der Waals surface area (Å²) in [6.45, 7) is 0. The number of ether oxygens (including phenoxy) is 1. The van der Waals surface area contributed by atoms with Gasteiger partial charge in [0.1, 0.15) is 5.60 Å². The van der Waals surface area contributed by atoms with Crippen LogP contribution in [-0.4, -0.2) is 36.8 Å². The Bertz CT molecular complexity index is 583. The summed E-state index contributed by atoms with van der Waals surface area (Å²) in [6, 6.07) is 7.42. The third-order valence-corrected chi connectivity index (χ3v) is 4.84. The number of hydrogen-bond donors (Lipinski definition) is 1. The molecule has 0 aliphatic heterocycles. The molecule has 0 saturated heterocycles. The second-order valence-corrected chi connectivity index (χ2v) is 6.64. The molecule has 0 radical (unpaired) electrons. The van der Waals surface area contributed by atoms with Crippen LogP contribution in [0.1, 0.15) is 31.2 Å². The van der Waals surface area contributed by atoms with E-state index in [0.29, 0.717) is 37.1 Å². The fourth-order valence-electron chi connectivity index (χ4n) is 3.24. The lowest BCUT2D eigenvalue weighted by atomic mass is 9.75. The zero-order valence-electron chi connectivity index (χ0n) is 14.0. The lowest BCUT2D eigenvalue weighted by molar-refractivity contribution is -0.176. The lowest BCUT2D eigenvalue weighted by Gasteiger charge is -2.39. The summed E-state index contributed by atoms with van der Waals surface area (Å²) in [5.41, 5.74) is 5.61. The molecule has 0 bridgehead atoms. The molecule has 24 heavy (non-hydrogen) atoms. The van der Waals surface area contributed by atoms with Crippen molar-refractivity contribution in [1.29, 1.82) is 0 Å². The van der Waals surface area contributed by atoms with Crippen molar-refractivity contribution >= 4 is 23.6 Å². The van der Waals surface area contributed by atoms with Gasteiger partial charge in [0.15, 0.2) is 0 Å². The first-order valence-corrected chi connectivity index (χ1v) is 8.27. The number of carbonyl (C=O) groups excluding carboxylic acids is 2. The summed E-state index contributed by atoms with van der Waals surface area (Å²) in [5.74, 6) is -0.193. The number of nitrogens with two attached hydrogens (primary N) is 1. The highest BCUT2D eigenvalue weighted by Crippen LogP contribution is 2.38. The Balaban J connectivity index is 2.09. The van der Waals surface area contributed by atoms with Crippen molar-refractivity contribution in [2.24, 2.45) is 11.7 Å². The molecule has 1 saturated carbocycles. The maximum Gasteiger partial charge on any atom is 0.405 e. The molecule has 0 unspecified atom stereocenters. The van der Waals surface area contributed by atoms with Crippen LogP contribution in [0.4, 0.5) is 4.79 Å². The normalized spacial score (nSPS) is 23.5. The molecule has 1 fully saturated rings. The molecule has 6 nitrogen and oxygen atoms in total. The highest BCUT2D eigenvalue weighted by molar-refractivity contribution is 6.30. The van der Waals surface area contributed by atoms with Crippen LogP contribution < -0.4 is 5.73 Å². The fourth-order valence-corrected chi connectivity index (χ4v) is 3.37. The summed E-state index contributed by atoms with van der Waals surface area (Å²) in [7, 11) is 3.06. The molecule has 0 heterocycles. The molecule has 1 aromatic rings. The molecule has 0 atom stereocenters. The summed E-state index contributed by atoms with van der Waals surface area (Å²) >= 11 is 5.91. The van der Waals surface area contributed by atoms with Crippen LogP contribution in [0.25, 0.3) is 0 Å². The van der Waals surface area contributed by atoms with E-state index in [1.54, 1.807) is 19.2 Å². The Morgan fingerprint density at radius 2 is 1.88 bits per heavy atom. The highest BCUT2D eigenvalue weighted by Gasteiger charge is 2.41. The Morgan fingerprint density at radius 3 is 2.38 bits per heavy atom. The van der Waals surface area contributed by atoms with Gasteiger partial charge < -0.3 is 10.5 Å². The van der Waals surface area contributed by atoms with Gasteiger partial charge in [-0.25, -0.2) is 9.86 Å². The van der Waals surface area contributed by atoms with Gasteiger partial charge in [0.2, 0.25) is 5.91 Å². The summed E-state index contributed by atoms with van der Waals surface area (Å²) in [6.07, 6.45) is 2.15. The molecular formula is C17H23ClN2O4. The van der Waals surface area contributed by atoms with Crippen molar-refractivity contribution in [3.63, 3.8) is 0 Å². The molecule has 1 aliphatic rings. The number of carbonyl (C=O) groups is 2. The van der Waals surface area contributed by atoms with E-state index in [1.165, 1.54) is 12.2 Å². The maximum atomic E-state index is 12.2. The largest absolute Gasteiger partial charge is 0.443 e. The van der Waals surface area contributed by atoms with Crippen molar-refractivity contribution < 1.29 is 19.2 Å². The minimum absolute atomic E-state index is 0.0586. The number of benzene rings is 1. The topological polar surface area (TPSA) is 81.9 Å². The van der Waals surface area contributed by atoms with E-state index in [-0.39, 0.29) is 11.8 Å². The number of nitrogens with zero attached hydrogens (tertiary/aromatic N) is 1. The first-order valence-electron chi connectivity index (χ1n) is 7.90. The van der Waals surface area contributed by atoms with Crippen LogP contribution in [0.3, 0.4) is 0 Å². The molecule has 1 aliphatic carbocycles. The van der Waals surface area contributed by atoms with Gasteiger partial charge in [-0.1, -0.05) is 23.7 Å². The average Bonchev–Trinajstić information content (AvgIpc) is 2.55. The Hall–Kier alpha value is -1.79. The van der Waals surface area contributed by atoms with Crippen LogP contribution in [-0.2, 0) is 20.8 Å². The molecule has 0 aromatic heterocycles. The molecule has 2 rings (SSSR count). The first kappa shape index (κ1) is 18.5. The van der Waals surface area contributed by atoms with Gasteiger partial charge >= 0.3 is 6.09 Å². The molecule has 2 N–H and O–H groups in total. The molecular weight excluding hydrogens is 332 g/mol. The number of amides is 2. The van der Waals surface area contributed by atoms with Gasteiger partial charge in [-0.2, -0.15) is 0 Å². The standard InChI is InChI=1S/C17H23ClN2O4/c1-20(23-2)15(21)13-7-9-17(10-8-13,24-16(19)22)11-12-3-5-14(18)6-4-12/h3-6,13H,7-11H2,1-2H3,(H2,19,22). The molecule has 132 valence electrons. The summed E-state index contributed by atoms with van der Waals surface area (Å²) < 4.78 is 5.48. The molecule has 7 heteroatoms. The minimum atomic E-state index is -0.789. The van der Waals surface area contributed by atoms with E-state index < -0.39 is 11.7 Å². The van der Waals surface area contributed by atoms with Gasteiger partial charge in [0, 0.05) is 24.4 Å². The van der Waals surface area contributed by atoms with E-state index in [9.17, 15) is 9.59 Å². The number of halogens is 1. The van der Waals surface area contributed by atoms with E-state index in [2.05, 4.69) is 0 Å². The lowest BCUT2D eigenvalue weighted by Crippen LogP contribution is -2.45. The summed E-state index contributed by atoms with van der Waals surface area (Å²) in [5, 5.41) is 1.90. The van der Waals surface area contributed by atoms with E-state index in [1.807, 2.05) is 12.1 Å². The van der Waals surface area contributed by atoms with Crippen LogP contribution in [0, 0.1) is 5.92 Å². The molecule has 1 aromatic carbocycles. The monoisotopic (exact) mass is 354 g/mol. The van der Waals surface area contributed by atoms with Crippen LogP contribution in [0.15, 0.2) is 24.3 Å². The Labute approximate surface area is 146 Å². The fraction of sp³-hybridized carbons (Fsp3) is 0.529. The number of hydroxylamine groups is 2. The van der Waals surface area contributed by atoms with Gasteiger partial charge in [-0.15, -0.1) is 0 Å². The van der Waals surface area contributed by atoms with Crippen molar-refractivity contribution in [3.05, 3.63) is 34.9 Å². The summed E-state index contributed by atoms with van der Waals surface area (Å²) in [4.78, 5) is 28.5. The Morgan fingerprint density at radius 1 is 1.29 bits per heavy atom. The molecule has 0 spiro atoms. The predicted molar refractivity (Wildman–Crippen MR) is 90.3 cm³/mol. The predicted octanol–water partition coefficient (Wildman–Crippen LogP) is 2.93. The number of rotatable bonds is 5. The van der Waals surface area contributed by atoms with Crippen LogP contribution in [0.5, 0.6) is 0 Å². The average molecular weight is 355 g/mol. The quantitative estimate of drug-likeness (QED) is 0.824. The van der Waals surface area contributed by atoms with Gasteiger partial charge in [0.25, 0.3) is 0 Å². The zero-order valence-corrected chi connectivity index (χ0v) is 14.7. The third-order valence-electron chi connectivity index (χ3n) is 4.59. The first-order chi connectivity index (χ1) is 11.3. The van der Waals surface area contributed by atoms with Gasteiger partial charge in [-0.05, 0) is 43.4 Å². The SMILES string of the molecule is CON(C)C(=O)C1CCC(Cc2ccc(Cl)cc2)(OC(N)=O)CC1. The van der Waals surface area contributed by atoms with Crippen molar-refractivity contribution in [3.8, 4) is 0 Å². The smallest absolute Gasteiger partial charge is 0.405 e. The number of primary amides is 1. The van der Waals surface area contributed by atoms with Crippen LogP contribution in [0.2, 0.25) is 5.02 Å². The van der Waals surface area contributed by atoms with Crippen molar-refractivity contribution in [1.82, 2.24) is 5.06 Å².